The van der Waals surface area contributed by atoms with Crippen LogP contribution < -0.4 is 52.3 Å². The Hall–Kier alpha value is -7.63. The van der Waals surface area contributed by atoms with E-state index in [1.54, 1.807) is 50.2 Å². The van der Waals surface area contributed by atoms with E-state index in [9.17, 15) is 34.0 Å². The molecule has 20 heteroatoms. The van der Waals surface area contributed by atoms with Gasteiger partial charge in [0.1, 0.15) is 61.2 Å². The Morgan fingerprint density at radius 1 is 0.861 bits per heavy atom. The number of nitrogens with zero attached hydrogens (tertiary/aromatic N) is 4. The summed E-state index contributed by atoms with van der Waals surface area (Å²) in [5.74, 6) is -2.01. The smallest absolute Gasteiger partial charge is 0.255 e. The zero-order valence-corrected chi connectivity index (χ0v) is 41.5. The van der Waals surface area contributed by atoms with E-state index >= 15 is 0 Å². The minimum atomic E-state index is -1.46. The molecule has 2 aliphatic rings. The zero-order valence-electron chi connectivity index (χ0n) is 41.5. The highest BCUT2D eigenvalue weighted by molar-refractivity contribution is 6.00. The normalized spacial score (nSPS) is 17.4. The third-order valence-corrected chi connectivity index (χ3v) is 12.4. The van der Waals surface area contributed by atoms with Crippen LogP contribution in [0, 0.1) is 25.2 Å². The van der Waals surface area contributed by atoms with Crippen molar-refractivity contribution in [3.8, 4) is 45.8 Å². The molecule has 20 nitrogen and oxygen atoms in total. The molecule has 0 saturated heterocycles. The van der Waals surface area contributed by atoms with Crippen molar-refractivity contribution in [2.24, 2.45) is 11.5 Å². The maximum atomic E-state index is 15.0. The summed E-state index contributed by atoms with van der Waals surface area (Å²) in [6.45, 7) is 6.35. The van der Waals surface area contributed by atoms with Gasteiger partial charge in [-0.3, -0.25) is 28.8 Å². The number of aryl methyl sites for hydroxylation is 2. The van der Waals surface area contributed by atoms with Gasteiger partial charge in [0.2, 0.25) is 29.5 Å². The predicted molar refractivity (Wildman–Crippen MR) is 267 cm³/mol. The zero-order chi connectivity index (χ0) is 51.9. The highest BCUT2D eigenvalue weighted by Gasteiger charge is 2.37. The van der Waals surface area contributed by atoms with E-state index in [0.717, 1.165) is 41.9 Å². The average Bonchev–Trinajstić information content (AvgIpc) is 3.36. The van der Waals surface area contributed by atoms with Crippen molar-refractivity contribution in [1.82, 2.24) is 41.5 Å². The van der Waals surface area contributed by atoms with Crippen LogP contribution in [0.1, 0.15) is 91.3 Å². The fourth-order valence-electron chi connectivity index (χ4n) is 8.82. The molecule has 6 amide bonds. The first-order valence-electron chi connectivity index (χ1n) is 24.2. The Morgan fingerprint density at radius 2 is 1.50 bits per heavy atom. The summed E-state index contributed by atoms with van der Waals surface area (Å²) in [6.07, 6.45) is 5.66. The lowest BCUT2D eigenvalue weighted by molar-refractivity contribution is -0.141. The Kier molecular flexibility index (Phi) is 19.0. The number of carbonyl (C=O) groups excluding carboxylic acids is 6. The van der Waals surface area contributed by atoms with E-state index in [1.807, 2.05) is 30.3 Å². The lowest BCUT2D eigenvalue weighted by atomic mass is 9.93. The number of nitrogens with one attached hydrogen (secondary N) is 5. The quantitative estimate of drug-likeness (QED) is 0.0706. The molecule has 4 aromatic rings. The molecule has 72 heavy (non-hydrogen) atoms. The number of aromatic nitrogens is 2. The van der Waals surface area contributed by atoms with Crippen molar-refractivity contribution in [3.05, 3.63) is 88.7 Å². The van der Waals surface area contributed by atoms with Crippen molar-refractivity contribution < 1.29 is 43.0 Å². The van der Waals surface area contributed by atoms with Crippen LogP contribution in [0.25, 0.3) is 22.5 Å². The number of ether oxygens (including phenoxy) is 3. The van der Waals surface area contributed by atoms with Crippen molar-refractivity contribution in [2.45, 2.75) is 103 Å². The van der Waals surface area contributed by atoms with Crippen LogP contribution in [0.4, 0.5) is 0 Å². The summed E-state index contributed by atoms with van der Waals surface area (Å²) in [5.41, 5.74) is 15.0. The Balaban J connectivity index is 1.37. The largest absolute Gasteiger partial charge is 0.492 e. The average molecular weight is 988 g/mol. The lowest BCUT2D eigenvalue weighted by Gasteiger charge is -2.33. The summed E-state index contributed by atoms with van der Waals surface area (Å²) < 4.78 is 18.4. The molecule has 4 atom stereocenters. The topological polar surface area (TPSA) is 295 Å². The van der Waals surface area contributed by atoms with E-state index < -0.39 is 53.7 Å². The molecule has 0 radical (unpaired) electrons. The van der Waals surface area contributed by atoms with E-state index in [1.165, 1.54) is 27.3 Å². The van der Waals surface area contributed by atoms with Crippen LogP contribution in [0.5, 0.6) is 17.2 Å². The van der Waals surface area contributed by atoms with Gasteiger partial charge >= 0.3 is 0 Å². The van der Waals surface area contributed by atoms with E-state index in [0.29, 0.717) is 45.4 Å². The number of benzene rings is 3. The predicted octanol–water partition coefficient (Wildman–Crippen LogP) is 2.82. The van der Waals surface area contributed by atoms with Crippen molar-refractivity contribution in [3.63, 3.8) is 0 Å². The van der Waals surface area contributed by atoms with Crippen LogP contribution in [0.3, 0.4) is 0 Å². The highest BCUT2D eigenvalue weighted by atomic mass is 16.5. The number of hydrogen-bond donors (Lipinski definition) is 7. The first-order valence-corrected chi connectivity index (χ1v) is 24.2. The maximum Gasteiger partial charge on any atom is 0.255 e. The molecular weight excluding hydrogens is 923 g/mol. The second-order valence-electron chi connectivity index (χ2n) is 17.9. The molecule has 2 heterocycles. The fourth-order valence-corrected chi connectivity index (χ4v) is 8.82. The second kappa shape index (κ2) is 25.5. The Bertz CT molecular complexity index is 2630. The Morgan fingerprint density at radius 3 is 2.12 bits per heavy atom. The van der Waals surface area contributed by atoms with Gasteiger partial charge in [-0.25, -0.2) is 9.97 Å². The van der Waals surface area contributed by atoms with Crippen LogP contribution in [-0.4, -0.2) is 121 Å². The number of carbonyl (C=O) groups is 6. The summed E-state index contributed by atoms with van der Waals surface area (Å²) in [6, 6.07) is 14.2. The molecule has 382 valence electrons. The van der Waals surface area contributed by atoms with E-state index in [-0.39, 0.29) is 75.4 Å². The van der Waals surface area contributed by atoms with Crippen molar-refractivity contribution in [2.75, 3.05) is 46.4 Å². The molecule has 1 aliphatic heterocycles. The fraction of sp³-hybridized carbons (Fsp3) is 0.442. The van der Waals surface area contributed by atoms with Crippen molar-refractivity contribution in [1.29, 1.82) is 5.26 Å². The third-order valence-electron chi connectivity index (χ3n) is 12.4. The van der Waals surface area contributed by atoms with Gasteiger partial charge in [0.15, 0.2) is 5.82 Å². The minimum absolute atomic E-state index is 0.0166. The number of nitriles is 1. The monoisotopic (exact) mass is 987 g/mol. The van der Waals surface area contributed by atoms with Gasteiger partial charge in [0, 0.05) is 56.7 Å². The van der Waals surface area contributed by atoms with Crippen LogP contribution in [0.15, 0.2) is 60.7 Å². The van der Waals surface area contributed by atoms with Crippen LogP contribution in [0.2, 0.25) is 0 Å². The third kappa shape index (κ3) is 13.8. The lowest BCUT2D eigenvalue weighted by Crippen LogP contribution is -2.56. The van der Waals surface area contributed by atoms with Gasteiger partial charge in [-0.2, -0.15) is 5.26 Å². The number of fused-ring (bicyclic) bond motifs is 5. The van der Waals surface area contributed by atoms with E-state index in [2.05, 4.69) is 36.6 Å². The molecule has 3 aromatic carbocycles. The standard InChI is InChI=1S/C52H65N11O9/c1-30-45(31(2)59-47(58-30)35-12-15-38(16-13-35)72-37-9-7-6-8-10-37)50(67)61-41(19-23-56-33(4)64)52(69)63(5)46-36-14-18-44(71-26-22-55)40(29-36)39-27-34(11-17-43(39)70-25-21-54)28-42(49(66)57-24-20-53)62-48(65)32(3)60-51(46)68/h11-18,27,29,32,37,41-42,46H,6-10,19,21-26,28,54-55H2,1-5H3,(H,56,64)(H,57,66)(H,60,68)(H,61,67)(H,62,65)/t32-,41?,42-,46-/m0/s1. The number of hydrogen-bond acceptors (Lipinski definition) is 14. The molecule has 1 unspecified atom stereocenters. The SMILES string of the molecule is CC(=O)NCCC(NC(=O)c1c(C)nc(-c2ccc(OC3CCCCC3)cc2)nc1C)C(=O)N(C)[C@@H]1C(=O)N[C@@H](C)C(=O)N[C@H](C(=O)NCC#N)Cc2ccc(OCCN)c(c2)-c2cc1ccc2OCCN. The maximum absolute atomic E-state index is 15.0. The van der Waals surface area contributed by atoms with Crippen LogP contribution >= 0.6 is 0 Å². The first-order chi connectivity index (χ1) is 34.6. The number of likely N-dealkylation sites (N-methyl/N-ethyl adjacent to an activating group) is 1. The van der Waals surface area contributed by atoms with Crippen LogP contribution in [-0.2, 0) is 30.4 Å². The molecule has 1 saturated carbocycles. The molecule has 6 rings (SSSR count). The second-order valence-corrected chi connectivity index (χ2v) is 17.9. The molecule has 9 N–H and O–H groups in total. The number of rotatable bonds is 18. The summed E-state index contributed by atoms with van der Waals surface area (Å²) in [7, 11) is 1.39. The minimum Gasteiger partial charge on any atom is -0.492 e. The number of nitrogens with two attached hydrogens (primary N) is 2. The summed E-state index contributed by atoms with van der Waals surface area (Å²) in [4.78, 5) is 93.9. The molecule has 1 aliphatic carbocycles. The van der Waals surface area contributed by atoms with Crippen molar-refractivity contribution >= 4 is 35.4 Å². The summed E-state index contributed by atoms with van der Waals surface area (Å²) in [5, 5.41) is 22.6. The van der Waals surface area contributed by atoms with Gasteiger partial charge in [0.25, 0.3) is 5.91 Å². The van der Waals surface area contributed by atoms with Gasteiger partial charge in [-0.1, -0.05) is 18.6 Å². The highest BCUT2D eigenvalue weighted by Crippen LogP contribution is 2.40. The van der Waals surface area contributed by atoms with Gasteiger partial charge in [0.05, 0.1) is 29.1 Å². The van der Waals surface area contributed by atoms with E-state index in [4.69, 9.17) is 25.7 Å². The molecule has 1 aromatic heterocycles. The van der Waals surface area contributed by atoms with Gasteiger partial charge in [-0.15, -0.1) is 0 Å². The molecule has 4 bridgehead atoms. The first kappa shape index (κ1) is 53.7. The molecule has 1 fully saturated rings. The number of amides is 6. The van der Waals surface area contributed by atoms with Gasteiger partial charge in [-0.05, 0) is 113 Å². The Labute approximate surface area is 419 Å². The summed E-state index contributed by atoms with van der Waals surface area (Å²) >= 11 is 0. The molecule has 0 spiro atoms. The molecular formula is C52H65N11O9. The van der Waals surface area contributed by atoms with Gasteiger partial charge < -0.3 is 57.2 Å².